The van der Waals surface area contributed by atoms with Gasteiger partial charge in [0, 0.05) is 17.7 Å². The SMILES string of the molecule is CCC(CC)COC(=O)c1[nH]c2c(c1C)C(=O)C[C@@H](c1ccc(OC)cc1)C2. The van der Waals surface area contributed by atoms with E-state index in [1.165, 1.54) is 0 Å². The summed E-state index contributed by atoms with van der Waals surface area (Å²) in [6.45, 7) is 6.43. The third kappa shape index (κ3) is 3.98. The van der Waals surface area contributed by atoms with E-state index in [1.807, 2.05) is 31.2 Å². The summed E-state index contributed by atoms with van der Waals surface area (Å²) in [7, 11) is 1.64. The zero-order chi connectivity index (χ0) is 20.3. The van der Waals surface area contributed by atoms with Gasteiger partial charge in [0.15, 0.2) is 5.78 Å². The lowest BCUT2D eigenvalue weighted by Crippen LogP contribution is -2.18. The molecule has 2 aromatic rings. The number of carbonyl (C=O) groups is 2. The molecule has 28 heavy (non-hydrogen) atoms. The van der Waals surface area contributed by atoms with Crippen molar-refractivity contribution in [1.82, 2.24) is 4.98 Å². The Morgan fingerprint density at radius 2 is 1.86 bits per heavy atom. The summed E-state index contributed by atoms with van der Waals surface area (Å²) < 4.78 is 10.7. The topological polar surface area (TPSA) is 68.4 Å². The van der Waals surface area contributed by atoms with Crippen LogP contribution in [0.3, 0.4) is 0 Å². The van der Waals surface area contributed by atoms with Crippen molar-refractivity contribution in [3.63, 3.8) is 0 Å². The number of hydrogen-bond donors (Lipinski definition) is 1. The molecule has 0 fully saturated rings. The Morgan fingerprint density at radius 1 is 1.18 bits per heavy atom. The molecule has 1 aliphatic rings. The number of aromatic amines is 1. The third-order valence-corrected chi connectivity index (χ3v) is 5.88. The van der Waals surface area contributed by atoms with Crippen molar-refractivity contribution in [2.24, 2.45) is 5.92 Å². The average Bonchev–Trinajstić information content (AvgIpc) is 3.05. The van der Waals surface area contributed by atoms with Crippen LogP contribution in [0.2, 0.25) is 0 Å². The maximum atomic E-state index is 12.8. The van der Waals surface area contributed by atoms with Crippen LogP contribution in [0, 0.1) is 12.8 Å². The number of benzene rings is 1. The minimum atomic E-state index is -0.368. The number of ether oxygens (including phenoxy) is 2. The zero-order valence-corrected chi connectivity index (χ0v) is 17.1. The number of ketones is 1. The highest BCUT2D eigenvalue weighted by atomic mass is 16.5. The highest BCUT2D eigenvalue weighted by Crippen LogP contribution is 2.35. The quantitative estimate of drug-likeness (QED) is 0.695. The summed E-state index contributed by atoms with van der Waals surface area (Å²) in [5.41, 5.74) is 3.73. The molecule has 0 saturated heterocycles. The van der Waals surface area contributed by atoms with Crippen LogP contribution in [0.1, 0.15) is 76.7 Å². The monoisotopic (exact) mass is 383 g/mol. The fourth-order valence-corrected chi connectivity index (χ4v) is 3.94. The molecule has 1 heterocycles. The van der Waals surface area contributed by atoms with Crippen LogP contribution in [0.25, 0.3) is 0 Å². The smallest absolute Gasteiger partial charge is 0.355 e. The van der Waals surface area contributed by atoms with Crippen molar-refractivity contribution in [2.45, 2.75) is 52.4 Å². The predicted octanol–water partition coefficient (Wildman–Crippen LogP) is 4.84. The molecule has 1 aromatic carbocycles. The molecular weight excluding hydrogens is 354 g/mol. The highest BCUT2D eigenvalue weighted by Gasteiger charge is 2.32. The molecule has 0 aliphatic heterocycles. The summed E-state index contributed by atoms with van der Waals surface area (Å²) >= 11 is 0. The van der Waals surface area contributed by atoms with Crippen molar-refractivity contribution >= 4 is 11.8 Å². The lowest BCUT2D eigenvalue weighted by molar-refractivity contribution is 0.0426. The molecule has 5 heteroatoms. The van der Waals surface area contributed by atoms with Gasteiger partial charge in [0.1, 0.15) is 11.4 Å². The lowest BCUT2D eigenvalue weighted by atomic mass is 9.81. The number of methoxy groups -OCH3 is 1. The number of H-pyrrole nitrogens is 1. The van der Waals surface area contributed by atoms with Crippen LogP contribution in [0.5, 0.6) is 5.75 Å². The van der Waals surface area contributed by atoms with Gasteiger partial charge in [-0.25, -0.2) is 4.79 Å². The number of fused-ring (bicyclic) bond motifs is 1. The number of aromatic nitrogens is 1. The summed E-state index contributed by atoms with van der Waals surface area (Å²) in [5.74, 6) is 0.972. The summed E-state index contributed by atoms with van der Waals surface area (Å²) in [6, 6.07) is 7.83. The van der Waals surface area contributed by atoms with Crippen molar-refractivity contribution < 1.29 is 19.1 Å². The summed E-state index contributed by atoms with van der Waals surface area (Å²) in [4.78, 5) is 28.6. The summed E-state index contributed by atoms with van der Waals surface area (Å²) in [6.07, 6.45) is 3.10. The van der Waals surface area contributed by atoms with E-state index >= 15 is 0 Å². The lowest BCUT2D eigenvalue weighted by Gasteiger charge is -2.22. The molecule has 0 amide bonds. The van der Waals surface area contributed by atoms with Gasteiger partial charge in [-0.1, -0.05) is 38.8 Å². The van der Waals surface area contributed by atoms with Gasteiger partial charge in [-0.2, -0.15) is 0 Å². The number of esters is 1. The molecule has 0 spiro atoms. The van der Waals surface area contributed by atoms with Gasteiger partial charge in [0.25, 0.3) is 0 Å². The Labute approximate surface area is 166 Å². The van der Waals surface area contributed by atoms with Crippen LogP contribution in [-0.4, -0.2) is 30.5 Å². The van der Waals surface area contributed by atoms with Gasteiger partial charge in [0.05, 0.1) is 13.7 Å². The number of carbonyl (C=O) groups excluding carboxylic acids is 2. The molecule has 0 unspecified atom stereocenters. The molecule has 0 bridgehead atoms. The first-order chi connectivity index (χ1) is 13.5. The van der Waals surface area contributed by atoms with E-state index in [9.17, 15) is 9.59 Å². The molecule has 0 radical (unpaired) electrons. The van der Waals surface area contributed by atoms with E-state index in [-0.39, 0.29) is 17.7 Å². The first kappa shape index (κ1) is 20.2. The van der Waals surface area contributed by atoms with Crippen molar-refractivity contribution in [3.8, 4) is 5.75 Å². The highest BCUT2D eigenvalue weighted by molar-refractivity contribution is 6.03. The van der Waals surface area contributed by atoms with E-state index in [2.05, 4.69) is 18.8 Å². The minimum Gasteiger partial charge on any atom is -0.497 e. The average molecular weight is 383 g/mol. The Hall–Kier alpha value is -2.56. The molecule has 150 valence electrons. The normalized spacial score (nSPS) is 16.2. The van der Waals surface area contributed by atoms with Gasteiger partial charge < -0.3 is 14.5 Å². The second-order valence-corrected chi connectivity index (χ2v) is 7.56. The zero-order valence-electron chi connectivity index (χ0n) is 17.1. The van der Waals surface area contributed by atoms with E-state index in [4.69, 9.17) is 9.47 Å². The first-order valence-corrected chi connectivity index (χ1v) is 10.0. The van der Waals surface area contributed by atoms with Crippen LogP contribution in [0.15, 0.2) is 24.3 Å². The van der Waals surface area contributed by atoms with Crippen LogP contribution in [-0.2, 0) is 11.2 Å². The molecular formula is C23H29NO4. The Kier molecular flexibility index (Phi) is 6.22. The van der Waals surface area contributed by atoms with Crippen LogP contribution in [0.4, 0.5) is 0 Å². The molecule has 3 rings (SSSR count). The maximum Gasteiger partial charge on any atom is 0.355 e. The standard InChI is InChI=1S/C23H29NO4/c1-5-15(6-2)13-28-23(26)22-14(3)21-19(24-22)11-17(12-20(21)25)16-7-9-18(27-4)10-8-16/h7-10,15,17,24H,5-6,11-13H2,1-4H3/t17-/m0/s1. The van der Waals surface area contributed by atoms with Gasteiger partial charge >= 0.3 is 5.97 Å². The molecule has 0 saturated carbocycles. The molecule has 1 N–H and O–H groups in total. The van der Waals surface area contributed by atoms with Crippen LogP contribution >= 0.6 is 0 Å². The number of rotatable bonds is 7. The van der Waals surface area contributed by atoms with Gasteiger partial charge in [-0.05, 0) is 48.4 Å². The molecule has 1 aromatic heterocycles. The number of Topliss-reactive ketones (excluding diaryl/α,β-unsaturated/α-hetero) is 1. The Balaban J connectivity index is 1.79. The fraction of sp³-hybridized carbons (Fsp3) is 0.478. The third-order valence-electron chi connectivity index (χ3n) is 5.88. The molecule has 1 aliphatic carbocycles. The first-order valence-electron chi connectivity index (χ1n) is 10.0. The van der Waals surface area contributed by atoms with Gasteiger partial charge in [-0.15, -0.1) is 0 Å². The van der Waals surface area contributed by atoms with E-state index in [0.717, 1.165) is 29.8 Å². The molecule has 5 nitrogen and oxygen atoms in total. The second kappa shape index (κ2) is 8.63. The van der Waals surface area contributed by atoms with E-state index in [1.54, 1.807) is 7.11 Å². The van der Waals surface area contributed by atoms with Gasteiger partial charge in [-0.3, -0.25) is 4.79 Å². The largest absolute Gasteiger partial charge is 0.497 e. The van der Waals surface area contributed by atoms with E-state index in [0.29, 0.717) is 42.2 Å². The fourth-order valence-electron chi connectivity index (χ4n) is 3.94. The van der Waals surface area contributed by atoms with Crippen molar-refractivity contribution in [1.29, 1.82) is 0 Å². The maximum absolute atomic E-state index is 12.8. The predicted molar refractivity (Wildman–Crippen MR) is 108 cm³/mol. The van der Waals surface area contributed by atoms with Crippen molar-refractivity contribution in [2.75, 3.05) is 13.7 Å². The van der Waals surface area contributed by atoms with Crippen LogP contribution < -0.4 is 4.74 Å². The molecule has 1 atom stereocenters. The summed E-state index contributed by atoms with van der Waals surface area (Å²) in [5, 5.41) is 0. The number of hydrogen-bond acceptors (Lipinski definition) is 4. The number of nitrogens with one attached hydrogen (secondary N) is 1. The van der Waals surface area contributed by atoms with Crippen molar-refractivity contribution in [3.05, 3.63) is 52.3 Å². The minimum absolute atomic E-state index is 0.0786. The Bertz CT molecular complexity index is 846. The second-order valence-electron chi connectivity index (χ2n) is 7.56. The van der Waals surface area contributed by atoms with E-state index < -0.39 is 0 Å². The van der Waals surface area contributed by atoms with Gasteiger partial charge in [0.2, 0.25) is 0 Å². The Morgan fingerprint density at radius 3 is 2.46 bits per heavy atom.